The smallest absolute Gasteiger partial charge is 0.226 e. The highest BCUT2D eigenvalue weighted by atomic mass is 16.1. The third-order valence-electron chi connectivity index (χ3n) is 4.25. The minimum absolute atomic E-state index is 0.0422. The molecule has 1 aromatic carbocycles. The molecule has 2 heterocycles. The Hall–Kier alpha value is -2.10. The van der Waals surface area contributed by atoms with Crippen molar-refractivity contribution in [1.29, 1.82) is 0 Å². The molecule has 0 unspecified atom stereocenters. The molecule has 0 radical (unpaired) electrons. The molecule has 2 N–H and O–H groups in total. The van der Waals surface area contributed by atoms with E-state index in [1.807, 2.05) is 18.2 Å². The largest absolute Gasteiger partial charge is 0.377 e. The SMILES string of the molecule is O=C1CC2(CCC2)Nc2c(cnc3ccccc23)N1. The van der Waals surface area contributed by atoms with Crippen LogP contribution in [-0.4, -0.2) is 16.4 Å². The summed E-state index contributed by atoms with van der Waals surface area (Å²) < 4.78 is 0. The maximum absolute atomic E-state index is 12.0. The monoisotopic (exact) mass is 253 g/mol. The Labute approximate surface area is 111 Å². The Morgan fingerprint density at radius 3 is 2.84 bits per heavy atom. The fraction of sp³-hybridized carbons (Fsp3) is 0.333. The molecule has 0 bridgehead atoms. The molecule has 96 valence electrons. The number of carbonyl (C=O) groups is 1. The van der Waals surface area contributed by atoms with Crippen molar-refractivity contribution < 1.29 is 4.79 Å². The number of carbonyl (C=O) groups excluding carboxylic acids is 1. The van der Waals surface area contributed by atoms with Crippen LogP contribution in [0, 0.1) is 0 Å². The number of amides is 1. The number of nitrogens with one attached hydrogen (secondary N) is 2. The van der Waals surface area contributed by atoms with Gasteiger partial charge in [-0.2, -0.15) is 0 Å². The minimum atomic E-state index is -0.0422. The van der Waals surface area contributed by atoms with Gasteiger partial charge in [0, 0.05) is 17.3 Å². The van der Waals surface area contributed by atoms with Crippen LogP contribution in [0.5, 0.6) is 0 Å². The summed E-state index contributed by atoms with van der Waals surface area (Å²) in [4.78, 5) is 16.4. The summed E-state index contributed by atoms with van der Waals surface area (Å²) in [7, 11) is 0. The Balaban J connectivity index is 1.93. The fourth-order valence-corrected chi connectivity index (χ4v) is 3.09. The minimum Gasteiger partial charge on any atom is -0.377 e. The zero-order valence-electron chi connectivity index (χ0n) is 10.6. The summed E-state index contributed by atoms with van der Waals surface area (Å²) in [5.74, 6) is 0.0861. The molecule has 1 amide bonds. The molecule has 0 saturated heterocycles. The zero-order valence-corrected chi connectivity index (χ0v) is 10.6. The molecule has 1 fully saturated rings. The van der Waals surface area contributed by atoms with E-state index >= 15 is 0 Å². The summed E-state index contributed by atoms with van der Waals surface area (Å²) in [6.07, 6.45) is 5.63. The van der Waals surface area contributed by atoms with Crippen molar-refractivity contribution in [3.8, 4) is 0 Å². The maximum Gasteiger partial charge on any atom is 0.226 e. The molecule has 1 aliphatic heterocycles. The van der Waals surface area contributed by atoms with Crippen molar-refractivity contribution >= 4 is 28.2 Å². The average Bonchev–Trinajstić information content (AvgIpc) is 2.54. The van der Waals surface area contributed by atoms with Gasteiger partial charge in [-0.1, -0.05) is 18.2 Å². The first-order valence-electron chi connectivity index (χ1n) is 6.72. The van der Waals surface area contributed by atoms with E-state index in [2.05, 4.69) is 21.7 Å². The average molecular weight is 253 g/mol. The van der Waals surface area contributed by atoms with Crippen molar-refractivity contribution in [3.05, 3.63) is 30.5 Å². The van der Waals surface area contributed by atoms with Gasteiger partial charge in [-0.3, -0.25) is 9.78 Å². The van der Waals surface area contributed by atoms with Gasteiger partial charge >= 0.3 is 0 Å². The van der Waals surface area contributed by atoms with Crippen LogP contribution in [0.3, 0.4) is 0 Å². The Bertz CT molecular complexity index is 676. The first-order valence-corrected chi connectivity index (χ1v) is 6.72. The second kappa shape index (κ2) is 3.70. The highest BCUT2D eigenvalue weighted by molar-refractivity contribution is 6.05. The van der Waals surface area contributed by atoms with E-state index in [4.69, 9.17) is 0 Å². The summed E-state index contributed by atoms with van der Waals surface area (Å²) >= 11 is 0. The van der Waals surface area contributed by atoms with E-state index in [-0.39, 0.29) is 11.4 Å². The molecular formula is C15H15N3O. The number of rotatable bonds is 0. The van der Waals surface area contributed by atoms with Crippen LogP contribution in [0.15, 0.2) is 30.5 Å². The third-order valence-corrected chi connectivity index (χ3v) is 4.25. The molecule has 2 aromatic rings. The predicted octanol–water partition coefficient (Wildman–Crippen LogP) is 2.91. The lowest BCUT2D eigenvalue weighted by Gasteiger charge is -2.42. The van der Waals surface area contributed by atoms with Crippen LogP contribution in [-0.2, 0) is 4.79 Å². The van der Waals surface area contributed by atoms with Gasteiger partial charge in [0.1, 0.15) is 0 Å². The zero-order chi connectivity index (χ0) is 12.9. The van der Waals surface area contributed by atoms with Crippen LogP contribution in [0.25, 0.3) is 10.9 Å². The van der Waals surface area contributed by atoms with Gasteiger partial charge < -0.3 is 10.6 Å². The number of aromatic nitrogens is 1. The van der Waals surface area contributed by atoms with Gasteiger partial charge in [0.15, 0.2) is 0 Å². The molecule has 2 aliphatic rings. The van der Waals surface area contributed by atoms with Crippen molar-refractivity contribution in [2.75, 3.05) is 10.6 Å². The fourth-order valence-electron chi connectivity index (χ4n) is 3.09. The number of fused-ring (bicyclic) bond motifs is 3. The number of pyridine rings is 1. The van der Waals surface area contributed by atoms with E-state index in [9.17, 15) is 4.79 Å². The molecule has 1 aliphatic carbocycles. The lowest BCUT2D eigenvalue weighted by atomic mass is 9.74. The molecule has 4 nitrogen and oxygen atoms in total. The van der Waals surface area contributed by atoms with Crippen molar-refractivity contribution in [2.45, 2.75) is 31.2 Å². The molecule has 19 heavy (non-hydrogen) atoms. The van der Waals surface area contributed by atoms with Gasteiger partial charge in [0.25, 0.3) is 0 Å². The number of benzene rings is 1. The summed E-state index contributed by atoms with van der Waals surface area (Å²) in [5, 5.41) is 7.67. The second-order valence-corrected chi connectivity index (χ2v) is 5.55. The van der Waals surface area contributed by atoms with E-state index in [1.165, 1.54) is 6.42 Å². The van der Waals surface area contributed by atoms with E-state index in [0.29, 0.717) is 6.42 Å². The van der Waals surface area contributed by atoms with Crippen LogP contribution >= 0.6 is 0 Å². The highest BCUT2D eigenvalue weighted by Gasteiger charge is 2.41. The van der Waals surface area contributed by atoms with Gasteiger partial charge in [0.05, 0.1) is 23.1 Å². The summed E-state index contributed by atoms with van der Waals surface area (Å²) in [6, 6.07) is 8.04. The highest BCUT2D eigenvalue weighted by Crippen LogP contribution is 2.43. The second-order valence-electron chi connectivity index (χ2n) is 5.55. The van der Waals surface area contributed by atoms with E-state index in [0.717, 1.165) is 35.1 Å². The van der Waals surface area contributed by atoms with Crippen LogP contribution in [0.4, 0.5) is 11.4 Å². The first kappa shape index (κ1) is 10.8. The van der Waals surface area contributed by atoms with Crippen molar-refractivity contribution in [1.82, 2.24) is 4.98 Å². The predicted molar refractivity (Wildman–Crippen MR) is 75.2 cm³/mol. The first-order chi connectivity index (χ1) is 9.26. The van der Waals surface area contributed by atoms with Crippen molar-refractivity contribution in [3.63, 3.8) is 0 Å². The molecule has 1 aromatic heterocycles. The van der Waals surface area contributed by atoms with Gasteiger partial charge in [-0.15, -0.1) is 0 Å². The van der Waals surface area contributed by atoms with Crippen LogP contribution in [0.2, 0.25) is 0 Å². The van der Waals surface area contributed by atoms with Gasteiger partial charge in [-0.25, -0.2) is 0 Å². The maximum atomic E-state index is 12.0. The number of nitrogens with zero attached hydrogens (tertiary/aromatic N) is 1. The Morgan fingerprint density at radius 2 is 2.05 bits per heavy atom. The molecule has 1 spiro atoms. The van der Waals surface area contributed by atoms with E-state index in [1.54, 1.807) is 6.20 Å². The normalized spacial score (nSPS) is 20.1. The molecule has 1 saturated carbocycles. The Kier molecular flexibility index (Phi) is 2.10. The number of para-hydroxylation sites is 1. The molecule has 0 atom stereocenters. The quantitative estimate of drug-likeness (QED) is 0.759. The number of hydrogen-bond acceptors (Lipinski definition) is 3. The lowest BCUT2D eigenvalue weighted by molar-refractivity contribution is -0.117. The molecule has 4 rings (SSSR count). The Morgan fingerprint density at radius 1 is 1.21 bits per heavy atom. The topological polar surface area (TPSA) is 54.0 Å². The van der Waals surface area contributed by atoms with Gasteiger partial charge in [0.2, 0.25) is 5.91 Å². The number of hydrogen-bond donors (Lipinski definition) is 2. The van der Waals surface area contributed by atoms with Gasteiger partial charge in [-0.05, 0) is 25.3 Å². The lowest BCUT2D eigenvalue weighted by Crippen LogP contribution is -2.46. The van der Waals surface area contributed by atoms with Crippen molar-refractivity contribution in [2.24, 2.45) is 0 Å². The van der Waals surface area contributed by atoms with E-state index < -0.39 is 0 Å². The summed E-state index contributed by atoms with van der Waals surface area (Å²) in [6.45, 7) is 0. The van der Waals surface area contributed by atoms with Crippen LogP contribution < -0.4 is 10.6 Å². The third kappa shape index (κ3) is 1.59. The van der Waals surface area contributed by atoms with Crippen LogP contribution in [0.1, 0.15) is 25.7 Å². The summed E-state index contributed by atoms with van der Waals surface area (Å²) in [5.41, 5.74) is 2.74. The molecular weight excluding hydrogens is 238 g/mol. The number of anilines is 2. The molecule has 4 heteroatoms. The standard InChI is InChI=1S/C15H15N3O/c19-13-8-15(6-3-7-15)18-14-10-4-1-2-5-11(10)16-9-12(14)17-13/h1-2,4-5,9,18H,3,6-8H2,(H,17,19).